The third kappa shape index (κ3) is 3.36. The van der Waals surface area contributed by atoms with Crippen molar-refractivity contribution in [3.63, 3.8) is 0 Å². The molecule has 2 aromatic rings. The van der Waals surface area contributed by atoms with Gasteiger partial charge < -0.3 is 5.11 Å². The maximum atomic E-state index is 12.8. The molecule has 104 valence electrons. The van der Waals surface area contributed by atoms with Gasteiger partial charge in [-0.2, -0.15) is 0 Å². The van der Waals surface area contributed by atoms with Crippen molar-refractivity contribution in [3.8, 4) is 0 Å². The SMILES string of the molecule is O=C(O)c1cnc(Cc2cccc(Br)c2)nc1C(F)F. The van der Waals surface area contributed by atoms with E-state index < -0.39 is 23.7 Å². The molecular weight excluding hydrogens is 334 g/mol. The summed E-state index contributed by atoms with van der Waals surface area (Å²) in [6.45, 7) is 0. The van der Waals surface area contributed by atoms with Crippen molar-refractivity contribution in [2.75, 3.05) is 0 Å². The molecular formula is C13H9BrF2N2O2. The van der Waals surface area contributed by atoms with Gasteiger partial charge in [-0.1, -0.05) is 28.1 Å². The lowest BCUT2D eigenvalue weighted by Crippen LogP contribution is -2.09. The number of carboxylic acid groups (broad SMARTS) is 1. The van der Waals surface area contributed by atoms with Crippen LogP contribution in [0, 0.1) is 0 Å². The van der Waals surface area contributed by atoms with E-state index in [9.17, 15) is 13.6 Å². The van der Waals surface area contributed by atoms with Crippen molar-refractivity contribution in [2.45, 2.75) is 12.8 Å². The van der Waals surface area contributed by atoms with Gasteiger partial charge in [-0.05, 0) is 17.7 Å². The summed E-state index contributed by atoms with van der Waals surface area (Å²) in [6.07, 6.45) is -1.78. The fourth-order valence-electron chi connectivity index (χ4n) is 1.68. The number of aromatic nitrogens is 2. The van der Waals surface area contributed by atoms with E-state index in [-0.39, 0.29) is 12.2 Å². The molecule has 0 atom stereocenters. The first-order chi connectivity index (χ1) is 9.47. The van der Waals surface area contributed by atoms with Gasteiger partial charge in [0.15, 0.2) is 0 Å². The van der Waals surface area contributed by atoms with Crippen LogP contribution in [0.2, 0.25) is 0 Å². The molecule has 0 amide bonds. The predicted octanol–water partition coefficient (Wildman–Crippen LogP) is 3.47. The monoisotopic (exact) mass is 342 g/mol. The number of rotatable bonds is 4. The highest BCUT2D eigenvalue weighted by atomic mass is 79.9. The molecule has 2 rings (SSSR count). The van der Waals surface area contributed by atoms with Gasteiger partial charge in [0.2, 0.25) is 0 Å². The van der Waals surface area contributed by atoms with Crippen LogP contribution in [-0.4, -0.2) is 21.0 Å². The summed E-state index contributed by atoms with van der Waals surface area (Å²) in [6, 6.07) is 7.26. The summed E-state index contributed by atoms with van der Waals surface area (Å²) >= 11 is 3.31. The number of carbonyl (C=O) groups is 1. The van der Waals surface area contributed by atoms with Crippen LogP contribution in [0.15, 0.2) is 34.9 Å². The highest BCUT2D eigenvalue weighted by Gasteiger charge is 2.21. The maximum Gasteiger partial charge on any atom is 0.339 e. The van der Waals surface area contributed by atoms with Gasteiger partial charge in [0.05, 0.1) is 0 Å². The summed E-state index contributed by atoms with van der Waals surface area (Å²) in [4.78, 5) is 18.3. The van der Waals surface area contributed by atoms with Crippen LogP contribution in [0.1, 0.15) is 33.9 Å². The van der Waals surface area contributed by atoms with Gasteiger partial charge >= 0.3 is 5.97 Å². The van der Waals surface area contributed by atoms with Gasteiger partial charge in [-0.3, -0.25) is 0 Å². The molecule has 1 heterocycles. The number of carboxylic acids is 1. The molecule has 1 aromatic heterocycles. The molecule has 1 aromatic carbocycles. The number of benzene rings is 1. The Hall–Kier alpha value is -1.89. The summed E-state index contributed by atoms with van der Waals surface area (Å²) in [5, 5.41) is 8.81. The quantitative estimate of drug-likeness (QED) is 0.923. The summed E-state index contributed by atoms with van der Waals surface area (Å²) in [5.41, 5.74) is -0.488. The van der Waals surface area contributed by atoms with Crippen molar-refractivity contribution >= 4 is 21.9 Å². The molecule has 0 saturated carbocycles. The minimum atomic E-state index is -2.95. The Morgan fingerprint density at radius 3 is 2.75 bits per heavy atom. The first-order valence-electron chi connectivity index (χ1n) is 5.59. The average molecular weight is 343 g/mol. The molecule has 0 aliphatic rings. The van der Waals surface area contributed by atoms with Crippen molar-refractivity contribution in [1.82, 2.24) is 9.97 Å². The van der Waals surface area contributed by atoms with E-state index in [2.05, 4.69) is 25.9 Å². The second kappa shape index (κ2) is 6.04. The van der Waals surface area contributed by atoms with Crippen LogP contribution in [0.5, 0.6) is 0 Å². The van der Waals surface area contributed by atoms with Gasteiger partial charge in [0, 0.05) is 17.1 Å². The fourth-order valence-corrected chi connectivity index (χ4v) is 2.13. The largest absolute Gasteiger partial charge is 0.478 e. The van der Waals surface area contributed by atoms with E-state index in [1.807, 2.05) is 12.1 Å². The Labute approximate surface area is 121 Å². The molecule has 4 nitrogen and oxygen atoms in total. The average Bonchev–Trinajstić information content (AvgIpc) is 2.38. The van der Waals surface area contributed by atoms with E-state index in [1.54, 1.807) is 12.1 Å². The Morgan fingerprint density at radius 2 is 2.15 bits per heavy atom. The number of hydrogen-bond donors (Lipinski definition) is 1. The van der Waals surface area contributed by atoms with Crippen LogP contribution in [-0.2, 0) is 6.42 Å². The van der Waals surface area contributed by atoms with E-state index in [1.165, 1.54) is 0 Å². The lowest BCUT2D eigenvalue weighted by atomic mass is 10.1. The van der Waals surface area contributed by atoms with E-state index in [0.29, 0.717) is 0 Å². The number of hydrogen-bond acceptors (Lipinski definition) is 3. The van der Waals surface area contributed by atoms with Crippen LogP contribution < -0.4 is 0 Å². The van der Waals surface area contributed by atoms with Gasteiger partial charge in [-0.25, -0.2) is 23.5 Å². The van der Waals surface area contributed by atoms with Crippen molar-refractivity contribution in [1.29, 1.82) is 0 Å². The first-order valence-corrected chi connectivity index (χ1v) is 6.38. The predicted molar refractivity (Wildman–Crippen MR) is 70.9 cm³/mol. The zero-order valence-corrected chi connectivity index (χ0v) is 11.6. The van der Waals surface area contributed by atoms with Gasteiger partial charge in [0.1, 0.15) is 17.1 Å². The Kier molecular flexibility index (Phi) is 4.39. The third-order valence-corrected chi connectivity index (χ3v) is 3.05. The van der Waals surface area contributed by atoms with Crippen LogP contribution >= 0.6 is 15.9 Å². The topological polar surface area (TPSA) is 63.1 Å². The lowest BCUT2D eigenvalue weighted by Gasteiger charge is -2.07. The van der Waals surface area contributed by atoms with Crippen molar-refractivity contribution < 1.29 is 18.7 Å². The Balaban J connectivity index is 2.34. The number of aromatic carboxylic acids is 1. The van der Waals surface area contributed by atoms with Crippen LogP contribution in [0.4, 0.5) is 8.78 Å². The molecule has 0 fully saturated rings. The molecule has 7 heteroatoms. The minimum absolute atomic E-state index is 0.156. The summed E-state index contributed by atoms with van der Waals surface area (Å²) in [5.74, 6) is -1.31. The number of alkyl halides is 2. The molecule has 0 aliphatic heterocycles. The third-order valence-electron chi connectivity index (χ3n) is 2.56. The van der Waals surface area contributed by atoms with Gasteiger partial charge in [0.25, 0.3) is 6.43 Å². The van der Waals surface area contributed by atoms with Crippen LogP contribution in [0.3, 0.4) is 0 Å². The fraction of sp³-hybridized carbons (Fsp3) is 0.154. The maximum absolute atomic E-state index is 12.8. The Bertz CT molecular complexity index is 650. The second-order valence-electron chi connectivity index (χ2n) is 4.00. The Morgan fingerprint density at radius 1 is 1.40 bits per heavy atom. The molecule has 20 heavy (non-hydrogen) atoms. The summed E-state index contributed by atoms with van der Waals surface area (Å²) in [7, 11) is 0. The number of halogens is 3. The second-order valence-corrected chi connectivity index (χ2v) is 4.91. The van der Waals surface area contributed by atoms with Crippen molar-refractivity contribution in [2.24, 2.45) is 0 Å². The normalized spacial score (nSPS) is 10.8. The molecule has 0 bridgehead atoms. The molecule has 0 radical (unpaired) electrons. The minimum Gasteiger partial charge on any atom is -0.478 e. The zero-order valence-electron chi connectivity index (χ0n) is 10.1. The molecule has 0 saturated heterocycles. The standard InChI is InChI=1S/C13H9BrF2N2O2/c14-8-3-1-2-7(4-8)5-10-17-6-9(13(19)20)11(18-10)12(15)16/h1-4,6,12H,5H2,(H,19,20). The van der Waals surface area contributed by atoms with E-state index >= 15 is 0 Å². The molecule has 0 unspecified atom stereocenters. The van der Waals surface area contributed by atoms with E-state index in [0.717, 1.165) is 16.2 Å². The molecule has 0 aliphatic carbocycles. The lowest BCUT2D eigenvalue weighted by molar-refractivity contribution is 0.0681. The highest BCUT2D eigenvalue weighted by molar-refractivity contribution is 9.10. The van der Waals surface area contributed by atoms with E-state index in [4.69, 9.17) is 5.11 Å². The van der Waals surface area contributed by atoms with Crippen molar-refractivity contribution in [3.05, 3.63) is 57.6 Å². The smallest absolute Gasteiger partial charge is 0.339 e. The van der Waals surface area contributed by atoms with Crippen LogP contribution in [0.25, 0.3) is 0 Å². The van der Waals surface area contributed by atoms with Gasteiger partial charge in [-0.15, -0.1) is 0 Å². The molecule has 0 spiro atoms. The molecule has 1 N–H and O–H groups in total. The summed E-state index contributed by atoms with van der Waals surface area (Å²) < 4.78 is 26.5. The zero-order chi connectivity index (χ0) is 14.7. The number of nitrogens with zero attached hydrogens (tertiary/aromatic N) is 2. The first kappa shape index (κ1) is 14.5. The highest BCUT2D eigenvalue weighted by Crippen LogP contribution is 2.21.